The van der Waals surface area contributed by atoms with E-state index >= 15 is 0 Å². The van der Waals surface area contributed by atoms with E-state index in [0.717, 1.165) is 0 Å². The maximum absolute atomic E-state index is 5.22. The quantitative estimate of drug-likeness (QED) is 0.656. The Balaban J connectivity index is 2.58. The van der Waals surface area contributed by atoms with Gasteiger partial charge in [0.2, 0.25) is 0 Å². The fourth-order valence-electron chi connectivity index (χ4n) is 1.35. The maximum Gasteiger partial charge on any atom is 0.0771 e. The van der Waals surface area contributed by atoms with E-state index in [9.17, 15) is 0 Å². The highest BCUT2D eigenvalue weighted by atomic mass is 32.2. The minimum absolute atomic E-state index is 0.712. The van der Waals surface area contributed by atoms with Crippen molar-refractivity contribution in [2.45, 2.75) is 19.8 Å². The maximum atomic E-state index is 5.22. The lowest BCUT2D eigenvalue weighted by molar-refractivity contribution is 0.232. The van der Waals surface area contributed by atoms with E-state index in [0.29, 0.717) is 6.61 Å². The third-order valence-electron chi connectivity index (χ3n) is 2.20. The summed E-state index contributed by atoms with van der Waals surface area (Å²) >= 11 is 1.90. The van der Waals surface area contributed by atoms with Crippen LogP contribution in [-0.2, 0) is 4.74 Å². The van der Waals surface area contributed by atoms with Crippen LogP contribution in [0.4, 0.5) is 0 Å². The molecule has 2 heteroatoms. The second kappa shape index (κ2) is 8.43. The van der Waals surface area contributed by atoms with Gasteiger partial charge in [-0.1, -0.05) is 43.7 Å². The summed E-state index contributed by atoms with van der Waals surface area (Å²) in [6.45, 7) is 2.93. The van der Waals surface area contributed by atoms with Crippen LogP contribution in [0.25, 0.3) is 6.08 Å². The topological polar surface area (TPSA) is 9.23 Å². The largest absolute Gasteiger partial charge is 0.379 e. The third kappa shape index (κ3) is 5.38. The van der Waals surface area contributed by atoms with Crippen molar-refractivity contribution >= 4 is 17.8 Å². The molecule has 0 atom stereocenters. The molecule has 0 fully saturated rings. The van der Waals surface area contributed by atoms with Crippen molar-refractivity contribution < 1.29 is 4.74 Å². The molecule has 0 aliphatic carbocycles. The van der Waals surface area contributed by atoms with Gasteiger partial charge in [-0.2, -0.15) is 0 Å². The van der Waals surface area contributed by atoms with Gasteiger partial charge in [0.1, 0.15) is 0 Å². The molecule has 0 heterocycles. The van der Waals surface area contributed by atoms with Gasteiger partial charge in [-0.25, -0.2) is 0 Å². The van der Waals surface area contributed by atoms with Crippen LogP contribution in [0.5, 0.6) is 0 Å². The number of methoxy groups -OCH3 is 1. The zero-order valence-corrected chi connectivity index (χ0v) is 10.9. The zero-order valence-electron chi connectivity index (χ0n) is 10.1. The van der Waals surface area contributed by atoms with Gasteiger partial charge in [-0.05, 0) is 23.8 Å². The first-order valence-corrected chi connectivity index (χ1v) is 6.72. The summed E-state index contributed by atoms with van der Waals surface area (Å²) in [6, 6.07) is 10.4. The van der Waals surface area contributed by atoms with Gasteiger partial charge >= 0.3 is 0 Å². The Morgan fingerprint density at radius 2 is 2.06 bits per heavy atom. The summed E-state index contributed by atoms with van der Waals surface area (Å²) in [5.74, 6) is 1.18. The van der Waals surface area contributed by atoms with Crippen LogP contribution in [0, 0.1) is 0 Å². The lowest BCUT2D eigenvalue weighted by Gasteiger charge is -2.06. The Morgan fingerprint density at radius 1 is 1.31 bits per heavy atom. The molecule has 0 saturated heterocycles. The number of unbranched alkanes of at least 4 members (excludes halogenated alkanes) is 1. The highest BCUT2D eigenvalue weighted by molar-refractivity contribution is 8.03. The standard InChI is InChI=1S/C14H20OS/c1-3-4-10-16-14(12-15-2)11-13-8-6-5-7-9-13/h5-9,11H,3-4,10,12H2,1-2H3/b14-11-. The normalized spacial score (nSPS) is 11.8. The van der Waals surface area contributed by atoms with Crippen molar-refractivity contribution in [3.05, 3.63) is 40.8 Å². The molecule has 1 aromatic rings. The van der Waals surface area contributed by atoms with Crippen molar-refractivity contribution in [2.24, 2.45) is 0 Å². The van der Waals surface area contributed by atoms with Crippen LogP contribution in [-0.4, -0.2) is 19.5 Å². The first kappa shape index (κ1) is 13.3. The van der Waals surface area contributed by atoms with E-state index in [1.807, 2.05) is 17.8 Å². The van der Waals surface area contributed by atoms with Gasteiger partial charge in [-0.15, -0.1) is 11.8 Å². The fourth-order valence-corrected chi connectivity index (χ4v) is 2.47. The fraction of sp³-hybridized carbons (Fsp3) is 0.429. The first-order valence-electron chi connectivity index (χ1n) is 5.74. The second-order valence-electron chi connectivity index (χ2n) is 3.66. The average Bonchev–Trinajstić information content (AvgIpc) is 2.31. The number of benzene rings is 1. The van der Waals surface area contributed by atoms with Gasteiger partial charge in [0.25, 0.3) is 0 Å². The van der Waals surface area contributed by atoms with Crippen molar-refractivity contribution in [3.8, 4) is 0 Å². The van der Waals surface area contributed by atoms with Gasteiger partial charge in [-0.3, -0.25) is 0 Å². The predicted octanol–water partition coefficient (Wildman–Crippen LogP) is 4.21. The number of thioether (sulfide) groups is 1. The lowest BCUT2D eigenvalue weighted by Crippen LogP contribution is -1.92. The summed E-state index contributed by atoms with van der Waals surface area (Å²) < 4.78 is 5.22. The average molecular weight is 236 g/mol. The van der Waals surface area contributed by atoms with Crippen molar-refractivity contribution in [2.75, 3.05) is 19.5 Å². The molecule has 0 N–H and O–H groups in total. The van der Waals surface area contributed by atoms with E-state index in [-0.39, 0.29) is 0 Å². The summed E-state index contributed by atoms with van der Waals surface area (Å²) in [6.07, 6.45) is 4.73. The molecular formula is C14H20OS. The van der Waals surface area contributed by atoms with Crippen molar-refractivity contribution in [1.82, 2.24) is 0 Å². The molecule has 88 valence electrons. The van der Waals surface area contributed by atoms with E-state index in [1.54, 1.807) is 7.11 Å². The minimum atomic E-state index is 0.712. The van der Waals surface area contributed by atoms with E-state index in [4.69, 9.17) is 4.74 Å². The molecule has 0 saturated carbocycles. The van der Waals surface area contributed by atoms with E-state index < -0.39 is 0 Å². The van der Waals surface area contributed by atoms with Crippen LogP contribution in [0.3, 0.4) is 0 Å². The molecule has 0 aliphatic heterocycles. The minimum Gasteiger partial charge on any atom is -0.379 e. The molecule has 0 bridgehead atoms. The molecule has 0 spiro atoms. The van der Waals surface area contributed by atoms with Crippen molar-refractivity contribution in [1.29, 1.82) is 0 Å². The molecule has 0 unspecified atom stereocenters. The molecule has 0 radical (unpaired) electrons. The van der Waals surface area contributed by atoms with Crippen LogP contribution in [0.1, 0.15) is 25.3 Å². The van der Waals surface area contributed by atoms with Crippen LogP contribution in [0.2, 0.25) is 0 Å². The van der Waals surface area contributed by atoms with E-state index in [2.05, 4.69) is 37.3 Å². The van der Waals surface area contributed by atoms with Crippen LogP contribution >= 0.6 is 11.8 Å². The Bertz CT molecular complexity index is 306. The molecule has 0 aromatic heterocycles. The zero-order chi connectivity index (χ0) is 11.6. The van der Waals surface area contributed by atoms with Crippen molar-refractivity contribution in [3.63, 3.8) is 0 Å². The summed E-state index contributed by atoms with van der Waals surface area (Å²) in [5.41, 5.74) is 1.25. The second-order valence-corrected chi connectivity index (χ2v) is 4.88. The van der Waals surface area contributed by atoms with Gasteiger partial charge in [0, 0.05) is 12.0 Å². The van der Waals surface area contributed by atoms with Crippen LogP contribution < -0.4 is 0 Å². The lowest BCUT2D eigenvalue weighted by atomic mass is 10.2. The molecule has 1 rings (SSSR count). The number of hydrogen-bond donors (Lipinski definition) is 0. The van der Waals surface area contributed by atoms with Gasteiger partial charge in [0.15, 0.2) is 0 Å². The Kier molecular flexibility index (Phi) is 7.02. The molecular weight excluding hydrogens is 216 g/mol. The molecule has 16 heavy (non-hydrogen) atoms. The SMILES string of the molecule is CCCCS/C(=C\c1ccccc1)COC. The summed E-state index contributed by atoms with van der Waals surface area (Å²) in [7, 11) is 1.75. The van der Waals surface area contributed by atoms with Gasteiger partial charge in [0.05, 0.1) is 6.61 Å². The Labute approximate surface area is 103 Å². The molecule has 1 aromatic carbocycles. The number of rotatable bonds is 7. The molecule has 1 nitrogen and oxygen atoms in total. The molecule has 0 aliphatic rings. The molecule has 0 amide bonds. The van der Waals surface area contributed by atoms with E-state index in [1.165, 1.54) is 29.1 Å². The first-order chi connectivity index (χ1) is 7.86. The Hall–Kier alpha value is -0.730. The smallest absolute Gasteiger partial charge is 0.0771 e. The number of hydrogen-bond acceptors (Lipinski definition) is 2. The van der Waals surface area contributed by atoms with Gasteiger partial charge < -0.3 is 4.74 Å². The monoisotopic (exact) mass is 236 g/mol. The highest BCUT2D eigenvalue weighted by Crippen LogP contribution is 2.20. The number of ether oxygens (including phenoxy) is 1. The predicted molar refractivity (Wildman–Crippen MR) is 73.7 cm³/mol. The highest BCUT2D eigenvalue weighted by Gasteiger charge is 1.98. The third-order valence-corrected chi connectivity index (χ3v) is 3.30. The summed E-state index contributed by atoms with van der Waals surface area (Å²) in [4.78, 5) is 1.31. The summed E-state index contributed by atoms with van der Waals surface area (Å²) in [5, 5.41) is 0. The Morgan fingerprint density at radius 3 is 2.69 bits per heavy atom. The van der Waals surface area contributed by atoms with Crippen LogP contribution in [0.15, 0.2) is 35.2 Å².